The molecule has 2 aromatic carbocycles. The van der Waals surface area contributed by atoms with Crippen molar-refractivity contribution in [3.8, 4) is 0 Å². The van der Waals surface area contributed by atoms with Crippen molar-refractivity contribution in [1.29, 1.82) is 0 Å². The normalized spacial score (nSPS) is 19.1. The van der Waals surface area contributed by atoms with Crippen LogP contribution < -0.4 is 0 Å². The summed E-state index contributed by atoms with van der Waals surface area (Å²) < 4.78 is 0. The van der Waals surface area contributed by atoms with E-state index in [4.69, 9.17) is 0 Å². The van der Waals surface area contributed by atoms with Crippen LogP contribution in [0, 0.1) is 0 Å². The van der Waals surface area contributed by atoms with Gasteiger partial charge in [0.05, 0.1) is 0 Å². The SMILES string of the molecule is O=C1C=C(c2ccccc2)[C@@H](c2ccccc2)CC1. The van der Waals surface area contributed by atoms with Gasteiger partial charge in [-0.15, -0.1) is 0 Å². The number of hydrogen-bond donors (Lipinski definition) is 0. The lowest BCUT2D eigenvalue weighted by molar-refractivity contribution is -0.114. The van der Waals surface area contributed by atoms with Crippen molar-refractivity contribution < 1.29 is 4.79 Å². The fourth-order valence-electron chi connectivity index (χ4n) is 2.73. The first-order valence-corrected chi connectivity index (χ1v) is 6.69. The minimum atomic E-state index is 0.242. The lowest BCUT2D eigenvalue weighted by atomic mass is 9.79. The highest BCUT2D eigenvalue weighted by molar-refractivity contribution is 5.99. The quantitative estimate of drug-likeness (QED) is 0.777. The summed E-state index contributed by atoms with van der Waals surface area (Å²) in [7, 11) is 0. The number of benzene rings is 2. The molecule has 2 aromatic rings. The largest absolute Gasteiger partial charge is 0.295 e. The van der Waals surface area contributed by atoms with Gasteiger partial charge in [-0.25, -0.2) is 0 Å². The lowest BCUT2D eigenvalue weighted by Gasteiger charge is -2.24. The van der Waals surface area contributed by atoms with Crippen LogP contribution in [-0.2, 0) is 4.79 Å². The maximum Gasteiger partial charge on any atom is 0.156 e. The average Bonchev–Trinajstić information content (AvgIpc) is 2.49. The van der Waals surface area contributed by atoms with Crippen LogP contribution in [0.1, 0.15) is 29.9 Å². The molecule has 0 N–H and O–H groups in total. The predicted molar refractivity (Wildman–Crippen MR) is 77.8 cm³/mol. The van der Waals surface area contributed by atoms with Gasteiger partial charge in [-0.3, -0.25) is 4.79 Å². The van der Waals surface area contributed by atoms with Crippen LogP contribution in [0.25, 0.3) is 5.57 Å². The molecule has 1 heteroatoms. The first-order valence-electron chi connectivity index (χ1n) is 6.69. The Balaban J connectivity index is 2.04. The molecule has 19 heavy (non-hydrogen) atoms. The number of allylic oxidation sites excluding steroid dienone is 2. The molecule has 1 aliphatic rings. The fourth-order valence-corrected chi connectivity index (χ4v) is 2.73. The Labute approximate surface area is 113 Å². The molecule has 0 heterocycles. The molecule has 1 aliphatic carbocycles. The molecule has 94 valence electrons. The smallest absolute Gasteiger partial charge is 0.156 e. The molecule has 3 rings (SSSR count). The van der Waals surface area contributed by atoms with Gasteiger partial charge in [0, 0.05) is 12.3 Å². The summed E-state index contributed by atoms with van der Waals surface area (Å²) in [4.78, 5) is 11.7. The number of carbonyl (C=O) groups is 1. The maximum atomic E-state index is 11.7. The fraction of sp³-hybridized carbons (Fsp3) is 0.167. The average molecular weight is 248 g/mol. The van der Waals surface area contributed by atoms with E-state index in [1.807, 2.05) is 30.3 Å². The van der Waals surface area contributed by atoms with Crippen LogP contribution in [0.3, 0.4) is 0 Å². The third-order valence-electron chi connectivity index (χ3n) is 3.68. The minimum Gasteiger partial charge on any atom is -0.295 e. The molecule has 0 aliphatic heterocycles. The Bertz CT molecular complexity index is 596. The standard InChI is InChI=1S/C18H16O/c19-16-11-12-17(14-7-3-1-4-8-14)18(13-16)15-9-5-2-6-10-15/h1-10,13,17H,11-12H2/t17-/m1/s1. The van der Waals surface area contributed by atoms with Crippen LogP contribution in [0.15, 0.2) is 66.7 Å². The highest BCUT2D eigenvalue weighted by atomic mass is 16.1. The van der Waals surface area contributed by atoms with Crippen molar-refractivity contribution >= 4 is 11.4 Å². The number of carbonyl (C=O) groups excluding carboxylic acids is 1. The van der Waals surface area contributed by atoms with Gasteiger partial charge in [0.2, 0.25) is 0 Å². The first-order chi connectivity index (χ1) is 9.34. The van der Waals surface area contributed by atoms with Crippen LogP contribution in [0.5, 0.6) is 0 Å². The molecule has 1 nitrogen and oxygen atoms in total. The van der Waals surface area contributed by atoms with Gasteiger partial charge < -0.3 is 0 Å². The van der Waals surface area contributed by atoms with Gasteiger partial charge in [0.1, 0.15) is 0 Å². The highest BCUT2D eigenvalue weighted by Gasteiger charge is 2.23. The number of ketones is 1. The monoisotopic (exact) mass is 248 g/mol. The Kier molecular flexibility index (Phi) is 3.28. The van der Waals surface area contributed by atoms with Gasteiger partial charge in [0.15, 0.2) is 5.78 Å². The second kappa shape index (κ2) is 5.23. The van der Waals surface area contributed by atoms with E-state index in [0.717, 1.165) is 17.6 Å². The third kappa shape index (κ3) is 2.50. The van der Waals surface area contributed by atoms with E-state index in [-0.39, 0.29) is 5.78 Å². The zero-order valence-corrected chi connectivity index (χ0v) is 10.8. The summed E-state index contributed by atoms with van der Waals surface area (Å²) in [6.07, 6.45) is 3.38. The lowest BCUT2D eigenvalue weighted by Crippen LogP contribution is -2.12. The summed E-state index contributed by atoms with van der Waals surface area (Å²) >= 11 is 0. The number of rotatable bonds is 2. The van der Waals surface area contributed by atoms with Crippen LogP contribution in [-0.4, -0.2) is 5.78 Å². The Morgan fingerprint density at radius 3 is 2.16 bits per heavy atom. The van der Waals surface area contributed by atoms with Gasteiger partial charge in [0.25, 0.3) is 0 Å². The molecule has 0 unspecified atom stereocenters. The highest BCUT2D eigenvalue weighted by Crippen LogP contribution is 2.38. The van der Waals surface area contributed by atoms with E-state index in [0.29, 0.717) is 12.3 Å². The maximum absolute atomic E-state index is 11.7. The molecular formula is C18H16O. The molecule has 1 atom stereocenters. The summed E-state index contributed by atoms with van der Waals surface area (Å²) in [5.74, 6) is 0.576. The van der Waals surface area contributed by atoms with E-state index in [1.54, 1.807) is 0 Å². The Hall–Kier alpha value is -2.15. The molecule has 0 saturated heterocycles. The molecule has 0 aromatic heterocycles. The molecular weight excluding hydrogens is 232 g/mol. The van der Waals surface area contributed by atoms with Gasteiger partial charge in [-0.1, -0.05) is 60.7 Å². The molecule has 0 amide bonds. The van der Waals surface area contributed by atoms with Crippen molar-refractivity contribution in [3.63, 3.8) is 0 Å². The van der Waals surface area contributed by atoms with E-state index in [2.05, 4.69) is 36.4 Å². The number of hydrogen-bond acceptors (Lipinski definition) is 1. The molecule has 0 fully saturated rings. The summed E-state index contributed by atoms with van der Waals surface area (Å²) in [5.41, 5.74) is 3.61. The van der Waals surface area contributed by atoms with Crippen molar-refractivity contribution in [3.05, 3.63) is 77.9 Å². The second-order valence-electron chi connectivity index (χ2n) is 4.93. The zero-order chi connectivity index (χ0) is 13.1. The van der Waals surface area contributed by atoms with E-state index in [9.17, 15) is 4.79 Å². The molecule has 0 radical (unpaired) electrons. The topological polar surface area (TPSA) is 17.1 Å². The Morgan fingerprint density at radius 1 is 0.842 bits per heavy atom. The van der Waals surface area contributed by atoms with E-state index >= 15 is 0 Å². The minimum absolute atomic E-state index is 0.242. The van der Waals surface area contributed by atoms with Gasteiger partial charge in [-0.05, 0) is 29.2 Å². The molecule has 0 saturated carbocycles. The van der Waals surface area contributed by atoms with Gasteiger partial charge in [-0.2, -0.15) is 0 Å². The Morgan fingerprint density at radius 2 is 1.47 bits per heavy atom. The molecule has 0 spiro atoms. The third-order valence-corrected chi connectivity index (χ3v) is 3.68. The summed E-state index contributed by atoms with van der Waals surface area (Å²) in [6.45, 7) is 0. The van der Waals surface area contributed by atoms with Crippen LogP contribution in [0.2, 0.25) is 0 Å². The van der Waals surface area contributed by atoms with Crippen molar-refractivity contribution in [2.75, 3.05) is 0 Å². The molecule has 0 bridgehead atoms. The predicted octanol–water partition coefficient (Wildman–Crippen LogP) is 4.22. The van der Waals surface area contributed by atoms with Gasteiger partial charge >= 0.3 is 0 Å². The summed E-state index contributed by atoms with van der Waals surface area (Å²) in [6, 6.07) is 20.7. The van der Waals surface area contributed by atoms with E-state index in [1.165, 1.54) is 5.56 Å². The van der Waals surface area contributed by atoms with Crippen molar-refractivity contribution in [2.45, 2.75) is 18.8 Å². The van der Waals surface area contributed by atoms with Crippen molar-refractivity contribution in [1.82, 2.24) is 0 Å². The zero-order valence-electron chi connectivity index (χ0n) is 10.8. The van der Waals surface area contributed by atoms with Crippen molar-refractivity contribution in [2.24, 2.45) is 0 Å². The van der Waals surface area contributed by atoms with E-state index < -0.39 is 0 Å². The van der Waals surface area contributed by atoms with Crippen LogP contribution >= 0.6 is 0 Å². The first kappa shape index (κ1) is 11.9. The van der Waals surface area contributed by atoms with Crippen LogP contribution in [0.4, 0.5) is 0 Å². The second-order valence-corrected chi connectivity index (χ2v) is 4.93. The summed E-state index contributed by atoms with van der Waals surface area (Å²) in [5, 5.41) is 0.